The normalized spacial score (nSPS) is 9.59. The monoisotopic (exact) mass is 239 g/mol. The summed E-state index contributed by atoms with van der Waals surface area (Å²) in [6, 6.07) is 4.09. The predicted octanol–water partition coefficient (Wildman–Crippen LogP) is 1.42. The third-order valence-electron chi connectivity index (χ3n) is 2.17. The predicted molar refractivity (Wildman–Crippen MR) is 68.4 cm³/mol. The van der Waals surface area contributed by atoms with Crippen molar-refractivity contribution in [2.24, 2.45) is 0 Å². The summed E-state index contributed by atoms with van der Waals surface area (Å²) in [4.78, 5) is 10.2. The van der Waals surface area contributed by atoms with Crippen LogP contribution in [0.4, 0.5) is 5.69 Å². The largest absolute Gasteiger partial charge is 0.488 e. The van der Waals surface area contributed by atoms with Crippen molar-refractivity contribution in [3.05, 3.63) is 33.9 Å². The highest BCUT2D eigenvalue weighted by Gasteiger charge is 2.20. The maximum absolute atomic E-state index is 10.7. The molecule has 0 saturated carbocycles. The summed E-state index contributed by atoms with van der Waals surface area (Å²) in [5.74, 6) is -0.0379. The van der Waals surface area contributed by atoms with Crippen LogP contribution in [0.25, 0.3) is 0 Å². The fourth-order valence-corrected chi connectivity index (χ4v) is 1.36. The van der Waals surface area contributed by atoms with Crippen LogP contribution >= 0.6 is 0 Å². The van der Waals surface area contributed by atoms with Crippen LogP contribution in [0, 0.1) is 10.1 Å². The first-order valence-corrected chi connectivity index (χ1v) is 5.58. The molecule has 0 fully saturated rings. The quantitative estimate of drug-likeness (QED) is 0.474. The Labute approximate surface area is 101 Å². The van der Waals surface area contributed by atoms with Gasteiger partial charge in [-0.1, -0.05) is 39.8 Å². The molecule has 1 aromatic carbocycles. The highest BCUT2D eigenvalue weighted by Crippen LogP contribution is 2.24. The molecule has 1 rings (SSSR count). The molecule has 0 atom stereocenters. The van der Waals surface area contributed by atoms with Gasteiger partial charge in [-0.2, -0.15) is 0 Å². The van der Waals surface area contributed by atoms with Crippen LogP contribution in [0.3, 0.4) is 0 Å². The molecule has 0 unspecified atom stereocenters. The van der Waals surface area contributed by atoms with Crippen molar-refractivity contribution in [1.29, 1.82) is 0 Å². The van der Waals surface area contributed by atoms with E-state index in [-0.39, 0.29) is 17.1 Å². The number of hydrogen-bond donors (Lipinski definition) is 2. The van der Waals surface area contributed by atoms with Crippen molar-refractivity contribution in [3.8, 4) is 0 Å². The van der Waals surface area contributed by atoms with Crippen molar-refractivity contribution in [2.45, 2.75) is 33.6 Å². The molecule has 0 radical (unpaired) electrons. The first-order valence-electron chi connectivity index (χ1n) is 5.58. The van der Waals surface area contributed by atoms with Crippen LogP contribution in [0.1, 0.15) is 39.2 Å². The van der Waals surface area contributed by atoms with Crippen LogP contribution in [0.2, 0.25) is 0 Å². The van der Waals surface area contributed by atoms with E-state index in [1.165, 1.54) is 18.2 Å². The molecule has 0 aliphatic carbocycles. The van der Waals surface area contributed by atoms with Crippen LogP contribution < -0.4 is 5.46 Å². The number of nitro benzene ring substituents is 1. The zero-order chi connectivity index (χ0) is 13.6. The third-order valence-corrected chi connectivity index (χ3v) is 2.17. The van der Waals surface area contributed by atoms with Gasteiger partial charge < -0.3 is 10.0 Å². The Morgan fingerprint density at radius 2 is 1.82 bits per heavy atom. The number of benzene rings is 1. The van der Waals surface area contributed by atoms with E-state index in [1.54, 1.807) is 0 Å². The van der Waals surface area contributed by atoms with Gasteiger partial charge in [0.1, 0.15) is 0 Å². The molecule has 17 heavy (non-hydrogen) atoms. The molecule has 0 spiro atoms. The molecule has 2 N–H and O–H groups in total. The van der Waals surface area contributed by atoms with Gasteiger partial charge in [0.25, 0.3) is 5.69 Å². The molecule has 0 bridgehead atoms. The molecule has 0 saturated heterocycles. The summed E-state index contributed by atoms with van der Waals surface area (Å²) >= 11 is 0. The highest BCUT2D eigenvalue weighted by molar-refractivity contribution is 6.58. The van der Waals surface area contributed by atoms with E-state index < -0.39 is 12.0 Å². The average Bonchev–Trinajstić information content (AvgIpc) is 2.30. The molecule has 6 heteroatoms. The van der Waals surface area contributed by atoms with E-state index in [1.807, 2.05) is 27.7 Å². The first-order chi connectivity index (χ1) is 7.93. The maximum Gasteiger partial charge on any atom is 0.488 e. The lowest BCUT2D eigenvalue weighted by molar-refractivity contribution is -0.385. The Hall–Kier alpha value is -1.40. The Morgan fingerprint density at radius 3 is 2.18 bits per heavy atom. The standard InChI is InChI=1S/C9H12BNO4.C2H6/c1-6(2)8-5-7(10(12)13)3-4-9(8)11(14)15;1-2/h3-6,12-13H,1-2H3;1-2H3. The summed E-state index contributed by atoms with van der Waals surface area (Å²) in [7, 11) is -1.59. The van der Waals surface area contributed by atoms with Crippen LogP contribution in [-0.4, -0.2) is 22.1 Å². The van der Waals surface area contributed by atoms with E-state index in [0.717, 1.165) is 0 Å². The Morgan fingerprint density at radius 1 is 1.29 bits per heavy atom. The van der Waals surface area contributed by atoms with Crippen molar-refractivity contribution in [3.63, 3.8) is 0 Å². The third kappa shape index (κ3) is 4.16. The molecule has 0 aliphatic rings. The summed E-state index contributed by atoms with van der Waals surface area (Å²) in [6.45, 7) is 7.63. The summed E-state index contributed by atoms with van der Waals surface area (Å²) < 4.78 is 0. The van der Waals surface area contributed by atoms with Gasteiger partial charge in [0, 0.05) is 11.6 Å². The molecule has 5 nitrogen and oxygen atoms in total. The highest BCUT2D eigenvalue weighted by atomic mass is 16.6. The lowest BCUT2D eigenvalue weighted by atomic mass is 9.78. The van der Waals surface area contributed by atoms with Gasteiger partial charge in [-0.05, 0) is 11.4 Å². The summed E-state index contributed by atoms with van der Waals surface area (Å²) in [6.07, 6.45) is 0. The van der Waals surface area contributed by atoms with E-state index in [0.29, 0.717) is 5.56 Å². The molecule has 0 aliphatic heterocycles. The van der Waals surface area contributed by atoms with Crippen molar-refractivity contribution < 1.29 is 15.0 Å². The fourth-order valence-electron chi connectivity index (χ4n) is 1.36. The zero-order valence-corrected chi connectivity index (χ0v) is 10.5. The Bertz CT molecular complexity index is 380. The van der Waals surface area contributed by atoms with Gasteiger partial charge in [-0.15, -0.1) is 0 Å². The smallest absolute Gasteiger partial charge is 0.423 e. The molecule has 0 amide bonds. The van der Waals surface area contributed by atoms with E-state index in [4.69, 9.17) is 10.0 Å². The van der Waals surface area contributed by atoms with Gasteiger partial charge in [-0.3, -0.25) is 10.1 Å². The Balaban J connectivity index is 0.00000121. The minimum atomic E-state index is -1.59. The second-order valence-corrected chi connectivity index (χ2v) is 3.60. The van der Waals surface area contributed by atoms with Crippen molar-refractivity contribution in [2.75, 3.05) is 0 Å². The number of nitrogens with zero attached hydrogens (tertiary/aromatic N) is 1. The van der Waals surface area contributed by atoms with Gasteiger partial charge in [0.2, 0.25) is 0 Å². The topological polar surface area (TPSA) is 83.6 Å². The number of nitro groups is 1. The lowest BCUT2D eigenvalue weighted by Crippen LogP contribution is -2.30. The minimum Gasteiger partial charge on any atom is -0.423 e. The van der Waals surface area contributed by atoms with Crippen molar-refractivity contribution >= 4 is 18.3 Å². The SMILES string of the molecule is CC.CC(C)c1cc(B(O)O)ccc1[N+](=O)[O-]. The second kappa shape index (κ2) is 7.03. The van der Waals surface area contributed by atoms with Crippen LogP contribution in [0.15, 0.2) is 18.2 Å². The number of hydrogen-bond acceptors (Lipinski definition) is 4. The van der Waals surface area contributed by atoms with Crippen LogP contribution in [-0.2, 0) is 0 Å². The summed E-state index contributed by atoms with van der Waals surface area (Å²) in [5, 5.41) is 28.6. The number of rotatable bonds is 3. The second-order valence-electron chi connectivity index (χ2n) is 3.60. The molecule has 1 aromatic rings. The van der Waals surface area contributed by atoms with Gasteiger partial charge in [-0.25, -0.2) is 0 Å². The fraction of sp³-hybridized carbons (Fsp3) is 0.455. The van der Waals surface area contributed by atoms with Crippen LogP contribution in [0.5, 0.6) is 0 Å². The average molecular weight is 239 g/mol. The van der Waals surface area contributed by atoms with E-state index >= 15 is 0 Å². The molecule has 0 heterocycles. The lowest BCUT2D eigenvalue weighted by Gasteiger charge is -2.08. The molecule has 94 valence electrons. The minimum absolute atomic E-state index is 0.00870. The Kier molecular flexibility index (Phi) is 6.46. The summed E-state index contributed by atoms with van der Waals surface area (Å²) in [5.41, 5.74) is 0.782. The molecular formula is C11H18BNO4. The first kappa shape index (κ1) is 15.6. The van der Waals surface area contributed by atoms with E-state index in [9.17, 15) is 10.1 Å². The van der Waals surface area contributed by atoms with Gasteiger partial charge >= 0.3 is 7.12 Å². The molecule has 0 aromatic heterocycles. The van der Waals surface area contributed by atoms with Gasteiger partial charge in [0.05, 0.1) is 4.92 Å². The zero-order valence-electron chi connectivity index (χ0n) is 10.5. The van der Waals surface area contributed by atoms with Crippen molar-refractivity contribution in [1.82, 2.24) is 0 Å². The van der Waals surface area contributed by atoms with Gasteiger partial charge in [0.15, 0.2) is 0 Å². The van der Waals surface area contributed by atoms with E-state index in [2.05, 4.69) is 0 Å². The maximum atomic E-state index is 10.7. The molecular weight excluding hydrogens is 221 g/mol.